The monoisotopic (exact) mass is 267 g/mol. The SMILES string of the molecule is C=CCCCOc1cc([N+](=O)[O-])c(CO)cc1OC. The third-order valence-corrected chi connectivity index (χ3v) is 2.54. The smallest absolute Gasteiger partial charge is 0.278 e. The summed E-state index contributed by atoms with van der Waals surface area (Å²) in [5.41, 5.74) is 0.0160. The molecule has 6 nitrogen and oxygen atoms in total. The summed E-state index contributed by atoms with van der Waals surface area (Å²) in [6.45, 7) is 3.59. The quantitative estimate of drug-likeness (QED) is 0.338. The molecule has 0 amide bonds. The molecular weight excluding hydrogens is 250 g/mol. The van der Waals surface area contributed by atoms with Gasteiger partial charge in [-0.05, 0) is 18.9 Å². The van der Waals surface area contributed by atoms with Crippen molar-refractivity contribution in [2.45, 2.75) is 19.4 Å². The molecule has 104 valence electrons. The minimum atomic E-state index is -0.554. The van der Waals surface area contributed by atoms with Gasteiger partial charge in [-0.2, -0.15) is 0 Å². The standard InChI is InChI=1S/C13H17NO5/c1-3-4-5-6-19-13-8-11(14(16)17)10(9-15)7-12(13)18-2/h3,7-8,15H,1,4-6,9H2,2H3. The fraction of sp³-hybridized carbons (Fsp3) is 0.385. The van der Waals surface area contributed by atoms with Crippen molar-refractivity contribution in [2.24, 2.45) is 0 Å². The van der Waals surface area contributed by atoms with Gasteiger partial charge in [0.25, 0.3) is 5.69 Å². The lowest BCUT2D eigenvalue weighted by molar-refractivity contribution is -0.385. The molecule has 0 radical (unpaired) electrons. The number of aliphatic hydroxyl groups is 1. The van der Waals surface area contributed by atoms with Crippen LogP contribution in [0.5, 0.6) is 11.5 Å². The van der Waals surface area contributed by atoms with E-state index in [9.17, 15) is 10.1 Å². The topological polar surface area (TPSA) is 81.8 Å². The molecule has 1 rings (SSSR count). The van der Waals surface area contributed by atoms with Crippen molar-refractivity contribution in [3.8, 4) is 11.5 Å². The van der Waals surface area contributed by atoms with Gasteiger partial charge in [0.15, 0.2) is 11.5 Å². The summed E-state index contributed by atoms with van der Waals surface area (Å²) in [5.74, 6) is 0.670. The van der Waals surface area contributed by atoms with Crippen LogP contribution in [0.25, 0.3) is 0 Å². The number of benzene rings is 1. The van der Waals surface area contributed by atoms with E-state index in [0.29, 0.717) is 18.1 Å². The van der Waals surface area contributed by atoms with E-state index in [-0.39, 0.29) is 11.3 Å². The Morgan fingerprint density at radius 3 is 2.74 bits per heavy atom. The van der Waals surface area contributed by atoms with E-state index in [1.54, 1.807) is 6.08 Å². The highest BCUT2D eigenvalue weighted by atomic mass is 16.6. The van der Waals surface area contributed by atoms with Crippen LogP contribution in [0, 0.1) is 10.1 Å². The van der Waals surface area contributed by atoms with Crippen molar-refractivity contribution in [3.63, 3.8) is 0 Å². The number of nitro benzene ring substituents is 1. The summed E-state index contributed by atoms with van der Waals surface area (Å²) >= 11 is 0. The molecule has 0 spiro atoms. The molecule has 0 heterocycles. The largest absolute Gasteiger partial charge is 0.493 e. The maximum absolute atomic E-state index is 10.9. The van der Waals surface area contributed by atoms with Crippen molar-refractivity contribution >= 4 is 5.69 Å². The summed E-state index contributed by atoms with van der Waals surface area (Å²) in [7, 11) is 1.44. The molecule has 1 N–H and O–H groups in total. The highest BCUT2D eigenvalue weighted by Crippen LogP contribution is 2.34. The Labute approximate surface area is 111 Å². The fourth-order valence-corrected chi connectivity index (χ4v) is 1.57. The Kier molecular flexibility index (Phi) is 5.81. The molecule has 0 saturated carbocycles. The summed E-state index contributed by atoms with van der Waals surface area (Å²) < 4.78 is 10.6. The van der Waals surface area contributed by atoms with Gasteiger partial charge in [-0.25, -0.2) is 0 Å². The van der Waals surface area contributed by atoms with E-state index >= 15 is 0 Å². The maximum Gasteiger partial charge on any atom is 0.278 e. The Morgan fingerprint density at radius 2 is 2.21 bits per heavy atom. The molecule has 0 atom stereocenters. The lowest BCUT2D eigenvalue weighted by Gasteiger charge is -2.11. The van der Waals surface area contributed by atoms with E-state index in [1.165, 1.54) is 19.2 Å². The molecule has 0 saturated heterocycles. The van der Waals surface area contributed by atoms with Crippen molar-refractivity contribution in [1.29, 1.82) is 0 Å². The Hall–Kier alpha value is -2.08. The number of nitrogens with zero attached hydrogens (tertiary/aromatic N) is 1. The summed E-state index contributed by atoms with van der Waals surface area (Å²) in [6.07, 6.45) is 3.35. The maximum atomic E-state index is 10.9. The van der Waals surface area contributed by atoms with Crippen LogP contribution in [-0.2, 0) is 6.61 Å². The zero-order valence-corrected chi connectivity index (χ0v) is 10.8. The van der Waals surface area contributed by atoms with E-state index in [2.05, 4.69) is 6.58 Å². The lowest BCUT2D eigenvalue weighted by Crippen LogP contribution is -2.02. The average molecular weight is 267 g/mol. The van der Waals surface area contributed by atoms with E-state index in [0.717, 1.165) is 12.8 Å². The second-order valence-corrected chi connectivity index (χ2v) is 3.83. The number of hydrogen-bond donors (Lipinski definition) is 1. The molecule has 0 bridgehead atoms. The van der Waals surface area contributed by atoms with Gasteiger partial charge in [-0.3, -0.25) is 10.1 Å². The van der Waals surface area contributed by atoms with E-state index in [4.69, 9.17) is 14.6 Å². The normalized spacial score (nSPS) is 10.0. The van der Waals surface area contributed by atoms with E-state index in [1.807, 2.05) is 0 Å². The summed E-state index contributed by atoms with van der Waals surface area (Å²) in [6, 6.07) is 2.69. The number of unbranched alkanes of at least 4 members (excludes halogenated alkanes) is 1. The molecule has 1 aromatic carbocycles. The average Bonchev–Trinajstić information content (AvgIpc) is 2.42. The highest BCUT2D eigenvalue weighted by molar-refractivity contribution is 5.54. The summed E-state index contributed by atoms with van der Waals surface area (Å²) in [4.78, 5) is 10.3. The second-order valence-electron chi connectivity index (χ2n) is 3.83. The number of allylic oxidation sites excluding steroid dienone is 1. The number of methoxy groups -OCH3 is 1. The molecular formula is C13H17NO5. The number of rotatable bonds is 8. The van der Waals surface area contributed by atoms with Crippen molar-refractivity contribution in [1.82, 2.24) is 0 Å². The zero-order chi connectivity index (χ0) is 14.3. The molecule has 0 aliphatic heterocycles. The molecule has 19 heavy (non-hydrogen) atoms. The molecule has 0 aromatic heterocycles. The zero-order valence-electron chi connectivity index (χ0n) is 10.8. The minimum Gasteiger partial charge on any atom is -0.493 e. The molecule has 0 fully saturated rings. The van der Waals surface area contributed by atoms with Crippen molar-refractivity contribution in [2.75, 3.05) is 13.7 Å². The van der Waals surface area contributed by atoms with Crippen LogP contribution in [-0.4, -0.2) is 23.7 Å². The fourth-order valence-electron chi connectivity index (χ4n) is 1.57. The van der Waals surface area contributed by atoms with Crippen LogP contribution >= 0.6 is 0 Å². The second kappa shape index (κ2) is 7.38. The van der Waals surface area contributed by atoms with E-state index < -0.39 is 11.5 Å². The first-order valence-corrected chi connectivity index (χ1v) is 5.83. The molecule has 0 unspecified atom stereocenters. The Morgan fingerprint density at radius 1 is 1.47 bits per heavy atom. The molecule has 0 aliphatic rings. The van der Waals surface area contributed by atoms with Gasteiger partial charge in [0.05, 0.1) is 36.9 Å². The van der Waals surface area contributed by atoms with Gasteiger partial charge in [0.1, 0.15) is 0 Å². The van der Waals surface area contributed by atoms with Gasteiger partial charge in [0.2, 0.25) is 0 Å². The van der Waals surface area contributed by atoms with Gasteiger partial charge in [-0.15, -0.1) is 6.58 Å². The van der Waals surface area contributed by atoms with Crippen LogP contribution < -0.4 is 9.47 Å². The predicted octanol–water partition coefficient (Wildman–Crippen LogP) is 2.44. The first-order valence-electron chi connectivity index (χ1n) is 5.83. The minimum absolute atomic E-state index is 0.179. The summed E-state index contributed by atoms with van der Waals surface area (Å²) in [5, 5.41) is 20.0. The van der Waals surface area contributed by atoms with Crippen LogP contribution in [0.15, 0.2) is 24.8 Å². The number of hydrogen-bond acceptors (Lipinski definition) is 5. The number of aliphatic hydroxyl groups excluding tert-OH is 1. The van der Waals surface area contributed by atoms with Crippen LogP contribution in [0.1, 0.15) is 18.4 Å². The van der Waals surface area contributed by atoms with Gasteiger partial charge in [-0.1, -0.05) is 6.08 Å². The van der Waals surface area contributed by atoms with Gasteiger partial charge in [0, 0.05) is 0 Å². The first kappa shape index (κ1) is 15.0. The number of ether oxygens (including phenoxy) is 2. The Bertz CT molecular complexity index is 459. The molecule has 1 aromatic rings. The van der Waals surface area contributed by atoms with Crippen molar-refractivity contribution in [3.05, 3.63) is 40.5 Å². The first-order chi connectivity index (χ1) is 9.13. The van der Waals surface area contributed by atoms with Crippen LogP contribution in [0.2, 0.25) is 0 Å². The van der Waals surface area contributed by atoms with Crippen LogP contribution in [0.4, 0.5) is 5.69 Å². The molecule has 6 heteroatoms. The van der Waals surface area contributed by atoms with Crippen molar-refractivity contribution < 1.29 is 19.5 Å². The third-order valence-electron chi connectivity index (χ3n) is 2.54. The van der Waals surface area contributed by atoms with Gasteiger partial charge < -0.3 is 14.6 Å². The Balaban J connectivity index is 2.97. The number of nitro groups is 1. The third kappa shape index (κ3) is 3.96. The predicted molar refractivity (Wildman–Crippen MR) is 70.5 cm³/mol. The van der Waals surface area contributed by atoms with Gasteiger partial charge >= 0.3 is 0 Å². The molecule has 0 aliphatic carbocycles. The lowest BCUT2D eigenvalue weighted by atomic mass is 10.1. The highest BCUT2D eigenvalue weighted by Gasteiger charge is 2.19. The van der Waals surface area contributed by atoms with Crippen LogP contribution in [0.3, 0.4) is 0 Å².